The zero-order chi connectivity index (χ0) is 10.8. The zero-order valence-electron chi connectivity index (χ0n) is 9.64. The highest BCUT2D eigenvalue weighted by atomic mass is 16.5. The van der Waals surface area contributed by atoms with Crippen molar-refractivity contribution < 1.29 is 9.53 Å². The molecule has 0 radical (unpaired) electrons. The lowest BCUT2D eigenvalue weighted by molar-refractivity contribution is -0.136. The minimum atomic E-state index is -0.158. The molecule has 2 heteroatoms. The summed E-state index contributed by atoms with van der Waals surface area (Å²) in [5.74, 6) is -0.158. The quantitative estimate of drug-likeness (QED) is 0.356. The van der Waals surface area contributed by atoms with Crippen LogP contribution < -0.4 is 0 Å². The van der Waals surface area contributed by atoms with Gasteiger partial charge in [-0.2, -0.15) is 0 Å². The first-order valence-corrected chi connectivity index (χ1v) is 5.53. The summed E-state index contributed by atoms with van der Waals surface area (Å²) in [5.41, 5.74) is 0.850. The Hall–Kier alpha value is -0.790. The second-order valence-electron chi connectivity index (χ2n) is 3.47. The average Bonchev–Trinajstić information content (AvgIpc) is 2.22. The molecule has 14 heavy (non-hydrogen) atoms. The second kappa shape index (κ2) is 8.79. The summed E-state index contributed by atoms with van der Waals surface area (Å²) in [6, 6.07) is 0. The number of carbonyl (C=O) groups excluding carboxylic acids is 1. The molecule has 0 saturated carbocycles. The van der Waals surface area contributed by atoms with Crippen LogP contribution in [0.25, 0.3) is 0 Å². The Balaban J connectivity index is 4.04. The van der Waals surface area contributed by atoms with Crippen molar-refractivity contribution >= 4 is 5.97 Å². The summed E-state index contributed by atoms with van der Waals surface area (Å²) in [7, 11) is 1.45. The molecule has 0 heterocycles. The van der Waals surface area contributed by atoms with Gasteiger partial charge in [0.15, 0.2) is 0 Å². The Morgan fingerprint density at radius 1 is 1.21 bits per heavy atom. The Bertz CT molecular complexity index is 183. The Labute approximate surface area is 87.3 Å². The molecular formula is C12H22O2. The van der Waals surface area contributed by atoms with E-state index in [9.17, 15) is 4.79 Å². The van der Waals surface area contributed by atoms with Crippen LogP contribution in [0.15, 0.2) is 11.6 Å². The van der Waals surface area contributed by atoms with E-state index in [4.69, 9.17) is 4.74 Å². The van der Waals surface area contributed by atoms with E-state index in [1.807, 2.05) is 6.08 Å². The smallest absolute Gasteiger partial charge is 0.333 e. The van der Waals surface area contributed by atoms with E-state index in [-0.39, 0.29) is 5.97 Å². The molecule has 0 atom stereocenters. The molecule has 0 bridgehead atoms. The van der Waals surface area contributed by atoms with Gasteiger partial charge in [-0.25, -0.2) is 4.79 Å². The van der Waals surface area contributed by atoms with Crippen LogP contribution in [0.1, 0.15) is 52.4 Å². The third-order valence-electron chi connectivity index (χ3n) is 2.18. The first-order valence-electron chi connectivity index (χ1n) is 5.53. The molecule has 0 aromatic heterocycles. The maximum atomic E-state index is 11.3. The summed E-state index contributed by atoms with van der Waals surface area (Å²) in [5, 5.41) is 0. The number of hydrogen-bond acceptors (Lipinski definition) is 2. The Morgan fingerprint density at radius 3 is 2.43 bits per heavy atom. The van der Waals surface area contributed by atoms with Crippen molar-refractivity contribution in [1.29, 1.82) is 0 Å². The van der Waals surface area contributed by atoms with Crippen LogP contribution in [0.2, 0.25) is 0 Å². The molecule has 0 aliphatic rings. The van der Waals surface area contributed by atoms with Crippen LogP contribution in [0.4, 0.5) is 0 Å². The average molecular weight is 198 g/mol. The molecule has 82 valence electrons. The molecule has 0 aromatic rings. The predicted molar refractivity (Wildman–Crippen MR) is 59.1 cm³/mol. The molecule has 0 N–H and O–H groups in total. The van der Waals surface area contributed by atoms with Crippen molar-refractivity contribution in [3.63, 3.8) is 0 Å². The number of carbonyl (C=O) groups is 1. The second-order valence-corrected chi connectivity index (χ2v) is 3.47. The lowest BCUT2D eigenvalue weighted by Crippen LogP contribution is -2.04. The number of ether oxygens (including phenoxy) is 1. The maximum absolute atomic E-state index is 11.3. The minimum absolute atomic E-state index is 0.158. The number of hydrogen-bond donors (Lipinski definition) is 0. The van der Waals surface area contributed by atoms with Gasteiger partial charge in [-0.15, -0.1) is 0 Å². The summed E-state index contributed by atoms with van der Waals surface area (Å²) in [4.78, 5) is 11.3. The summed E-state index contributed by atoms with van der Waals surface area (Å²) >= 11 is 0. The van der Waals surface area contributed by atoms with E-state index in [2.05, 4.69) is 13.8 Å². The van der Waals surface area contributed by atoms with Crippen molar-refractivity contribution in [2.24, 2.45) is 0 Å². The summed E-state index contributed by atoms with van der Waals surface area (Å²) in [6.07, 6.45) is 8.37. The standard InChI is InChI=1S/C12H22O2/c1-4-6-8-10-11(9-7-5-2)12(13)14-3/h9H,4-8,10H2,1-3H3. The van der Waals surface area contributed by atoms with Gasteiger partial charge in [0.1, 0.15) is 0 Å². The van der Waals surface area contributed by atoms with Crippen LogP contribution in [0.3, 0.4) is 0 Å². The number of esters is 1. The van der Waals surface area contributed by atoms with E-state index in [1.165, 1.54) is 20.0 Å². The zero-order valence-corrected chi connectivity index (χ0v) is 9.64. The molecule has 2 nitrogen and oxygen atoms in total. The largest absolute Gasteiger partial charge is 0.466 e. The topological polar surface area (TPSA) is 26.3 Å². The minimum Gasteiger partial charge on any atom is -0.466 e. The van der Waals surface area contributed by atoms with Crippen molar-refractivity contribution in [2.75, 3.05) is 7.11 Å². The number of allylic oxidation sites excluding steroid dienone is 1. The summed E-state index contributed by atoms with van der Waals surface area (Å²) < 4.78 is 4.73. The fourth-order valence-electron chi connectivity index (χ4n) is 1.30. The molecule has 0 unspecified atom stereocenters. The molecule has 0 spiro atoms. The first kappa shape index (κ1) is 13.2. The van der Waals surface area contributed by atoms with E-state index in [0.717, 1.165) is 31.3 Å². The molecular weight excluding hydrogens is 176 g/mol. The lowest BCUT2D eigenvalue weighted by Gasteiger charge is -2.04. The third-order valence-corrected chi connectivity index (χ3v) is 2.18. The van der Waals surface area contributed by atoms with Gasteiger partial charge in [0, 0.05) is 5.57 Å². The SMILES string of the molecule is CCCC=C(CCCCC)C(=O)OC. The molecule has 0 aromatic carbocycles. The van der Waals surface area contributed by atoms with Gasteiger partial charge in [-0.3, -0.25) is 0 Å². The summed E-state index contributed by atoms with van der Waals surface area (Å²) in [6.45, 7) is 4.27. The number of unbranched alkanes of at least 4 members (excludes halogenated alkanes) is 3. The molecule has 0 aliphatic carbocycles. The van der Waals surface area contributed by atoms with Gasteiger partial charge in [-0.1, -0.05) is 39.2 Å². The molecule has 0 amide bonds. The molecule has 0 aliphatic heterocycles. The van der Waals surface area contributed by atoms with Crippen LogP contribution >= 0.6 is 0 Å². The maximum Gasteiger partial charge on any atom is 0.333 e. The number of rotatable bonds is 7. The highest BCUT2D eigenvalue weighted by Crippen LogP contribution is 2.12. The number of methoxy groups -OCH3 is 1. The van der Waals surface area contributed by atoms with E-state index in [1.54, 1.807) is 0 Å². The van der Waals surface area contributed by atoms with Gasteiger partial charge in [0.25, 0.3) is 0 Å². The van der Waals surface area contributed by atoms with Crippen LogP contribution in [-0.4, -0.2) is 13.1 Å². The van der Waals surface area contributed by atoms with E-state index in [0.29, 0.717) is 0 Å². The highest BCUT2D eigenvalue weighted by molar-refractivity contribution is 5.88. The van der Waals surface area contributed by atoms with E-state index >= 15 is 0 Å². The van der Waals surface area contributed by atoms with Gasteiger partial charge >= 0.3 is 5.97 Å². The van der Waals surface area contributed by atoms with Gasteiger partial charge in [0.2, 0.25) is 0 Å². The Morgan fingerprint density at radius 2 is 1.93 bits per heavy atom. The van der Waals surface area contributed by atoms with Crippen LogP contribution in [0.5, 0.6) is 0 Å². The van der Waals surface area contributed by atoms with E-state index < -0.39 is 0 Å². The first-order chi connectivity index (χ1) is 6.76. The monoisotopic (exact) mass is 198 g/mol. The van der Waals surface area contributed by atoms with Gasteiger partial charge in [0.05, 0.1) is 7.11 Å². The lowest BCUT2D eigenvalue weighted by atomic mass is 10.1. The van der Waals surface area contributed by atoms with Crippen molar-refractivity contribution in [3.05, 3.63) is 11.6 Å². The van der Waals surface area contributed by atoms with Gasteiger partial charge < -0.3 is 4.74 Å². The van der Waals surface area contributed by atoms with Crippen LogP contribution in [-0.2, 0) is 9.53 Å². The fraction of sp³-hybridized carbons (Fsp3) is 0.750. The third kappa shape index (κ3) is 5.79. The molecule has 0 fully saturated rings. The van der Waals surface area contributed by atoms with Crippen molar-refractivity contribution in [2.45, 2.75) is 52.4 Å². The fourth-order valence-corrected chi connectivity index (χ4v) is 1.30. The van der Waals surface area contributed by atoms with Crippen LogP contribution in [0, 0.1) is 0 Å². The van der Waals surface area contributed by atoms with Crippen molar-refractivity contribution in [1.82, 2.24) is 0 Å². The van der Waals surface area contributed by atoms with Crippen molar-refractivity contribution in [3.8, 4) is 0 Å². The Kier molecular flexibility index (Phi) is 8.30. The highest BCUT2D eigenvalue weighted by Gasteiger charge is 2.07. The normalized spacial score (nSPS) is 11.5. The predicted octanol–water partition coefficient (Wildman–Crippen LogP) is 3.47. The molecule has 0 rings (SSSR count). The molecule has 0 saturated heterocycles. The van der Waals surface area contributed by atoms with Gasteiger partial charge in [-0.05, 0) is 19.3 Å².